The average molecular weight is 506 g/mol. The van der Waals surface area contributed by atoms with Crippen LogP contribution in [0.3, 0.4) is 0 Å². The smallest absolute Gasteiger partial charge is 0.193 e. The first kappa shape index (κ1) is 23.9. The Morgan fingerprint density at radius 3 is 2.44 bits per heavy atom. The van der Waals surface area contributed by atoms with Gasteiger partial charge in [0.05, 0.1) is 5.75 Å². The van der Waals surface area contributed by atoms with Crippen LogP contribution in [0.1, 0.15) is 12.0 Å². The van der Waals surface area contributed by atoms with E-state index in [1.165, 1.54) is 11.8 Å². The molecule has 1 N–H and O–H groups in total. The second-order valence-electron chi connectivity index (χ2n) is 6.56. The molecule has 0 atom stereocenters. The Hall–Kier alpha value is -1.13. The van der Waals surface area contributed by atoms with Crippen molar-refractivity contribution in [1.82, 2.24) is 15.1 Å². The van der Waals surface area contributed by atoms with E-state index < -0.39 is 9.84 Å². The summed E-state index contributed by atoms with van der Waals surface area (Å²) in [5.41, 5.74) is 1.23. The summed E-state index contributed by atoms with van der Waals surface area (Å²) in [5.74, 6) is 1.07. The lowest BCUT2D eigenvalue weighted by atomic mass is 10.2. The van der Waals surface area contributed by atoms with Gasteiger partial charge in [0.25, 0.3) is 0 Å². The van der Waals surface area contributed by atoms with Crippen molar-refractivity contribution in [2.45, 2.75) is 6.42 Å². The highest BCUT2D eigenvalue weighted by atomic mass is 127. The summed E-state index contributed by atoms with van der Waals surface area (Å²) in [7, 11) is -1.12. The number of guanidine groups is 1. The van der Waals surface area contributed by atoms with Gasteiger partial charge < -0.3 is 10.2 Å². The van der Waals surface area contributed by atoms with Crippen molar-refractivity contribution in [3.8, 4) is 0 Å². The number of benzene rings is 1. The van der Waals surface area contributed by atoms with Gasteiger partial charge in [-0.2, -0.15) is 0 Å². The maximum absolute atomic E-state index is 11.2. The molecule has 0 unspecified atom stereocenters. The molecule has 1 aromatic rings. The van der Waals surface area contributed by atoms with Gasteiger partial charge in [-0.1, -0.05) is 42.5 Å². The number of aliphatic imine (C=N–C) groups is 1. The van der Waals surface area contributed by atoms with Crippen molar-refractivity contribution >= 4 is 45.8 Å². The predicted molar refractivity (Wildman–Crippen MR) is 125 cm³/mol. The van der Waals surface area contributed by atoms with Crippen molar-refractivity contribution in [3.63, 3.8) is 0 Å². The minimum absolute atomic E-state index is 0. The third-order valence-electron chi connectivity index (χ3n) is 4.33. The van der Waals surface area contributed by atoms with Crippen LogP contribution in [0.4, 0.5) is 0 Å². The van der Waals surface area contributed by atoms with Crippen LogP contribution in [0.5, 0.6) is 0 Å². The fourth-order valence-corrected chi connectivity index (χ4v) is 3.58. The number of piperazine rings is 1. The van der Waals surface area contributed by atoms with Crippen LogP contribution in [-0.2, 0) is 9.84 Å². The molecule has 8 heteroatoms. The molecule has 0 aromatic heterocycles. The van der Waals surface area contributed by atoms with E-state index in [1.807, 2.05) is 18.2 Å². The molecule has 1 fully saturated rings. The van der Waals surface area contributed by atoms with Gasteiger partial charge in [-0.3, -0.25) is 9.89 Å². The zero-order chi connectivity index (χ0) is 18.8. The molecular weight excluding hydrogens is 475 g/mol. The molecule has 27 heavy (non-hydrogen) atoms. The van der Waals surface area contributed by atoms with Gasteiger partial charge in [-0.25, -0.2) is 8.42 Å². The van der Waals surface area contributed by atoms with E-state index in [4.69, 9.17) is 0 Å². The van der Waals surface area contributed by atoms with E-state index >= 15 is 0 Å². The summed E-state index contributed by atoms with van der Waals surface area (Å²) in [5, 5.41) is 3.27. The molecule has 0 saturated carbocycles. The lowest BCUT2D eigenvalue weighted by Crippen LogP contribution is -2.52. The lowest BCUT2D eigenvalue weighted by molar-refractivity contribution is 0.194. The van der Waals surface area contributed by atoms with E-state index in [0.29, 0.717) is 13.0 Å². The Bertz CT molecular complexity index is 700. The molecule has 2 rings (SSSR count). The molecule has 152 valence electrons. The van der Waals surface area contributed by atoms with E-state index in [9.17, 15) is 8.42 Å². The first-order valence-electron chi connectivity index (χ1n) is 9.05. The number of hydrogen-bond acceptors (Lipinski definition) is 4. The maximum atomic E-state index is 11.2. The van der Waals surface area contributed by atoms with Crippen LogP contribution in [0, 0.1) is 0 Å². The number of hydrogen-bond donors (Lipinski definition) is 1. The van der Waals surface area contributed by atoms with Gasteiger partial charge in [0, 0.05) is 52.6 Å². The number of nitrogens with zero attached hydrogens (tertiary/aromatic N) is 3. The Morgan fingerprint density at radius 1 is 1.19 bits per heavy atom. The molecule has 1 aromatic carbocycles. The molecular formula is C19H31IN4O2S. The molecule has 0 aliphatic carbocycles. The van der Waals surface area contributed by atoms with Crippen molar-refractivity contribution in [1.29, 1.82) is 0 Å². The van der Waals surface area contributed by atoms with Gasteiger partial charge >= 0.3 is 0 Å². The summed E-state index contributed by atoms with van der Waals surface area (Å²) in [6, 6.07) is 10.3. The van der Waals surface area contributed by atoms with E-state index in [2.05, 4.69) is 44.4 Å². The Labute approximate surface area is 180 Å². The quantitative estimate of drug-likeness (QED) is 0.265. The summed E-state index contributed by atoms with van der Waals surface area (Å²) >= 11 is 0. The Balaban J connectivity index is 0.00000364. The monoisotopic (exact) mass is 506 g/mol. The van der Waals surface area contributed by atoms with Crippen LogP contribution in [-0.4, -0.2) is 82.5 Å². The molecule has 6 nitrogen and oxygen atoms in total. The maximum Gasteiger partial charge on any atom is 0.193 e. The van der Waals surface area contributed by atoms with Gasteiger partial charge in [0.15, 0.2) is 5.96 Å². The van der Waals surface area contributed by atoms with Crippen LogP contribution < -0.4 is 5.32 Å². The molecule has 1 saturated heterocycles. The zero-order valence-corrected chi connectivity index (χ0v) is 19.3. The number of halogens is 1. The SMILES string of the molecule is CN=C(NCCCS(C)(=O)=O)N1CCN(CC=Cc2ccccc2)CC1.I. The molecule has 1 heterocycles. The number of rotatable bonds is 7. The molecule has 0 spiro atoms. The highest BCUT2D eigenvalue weighted by molar-refractivity contribution is 14.0. The van der Waals surface area contributed by atoms with Crippen molar-refractivity contribution < 1.29 is 8.42 Å². The fraction of sp³-hybridized carbons (Fsp3) is 0.526. The van der Waals surface area contributed by atoms with Crippen molar-refractivity contribution in [2.24, 2.45) is 4.99 Å². The highest BCUT2D eigenvalue weighted by Crippen LogP contribution is 2.05. The largest absolute Gasteiger partial charge is 0.356 e. The molecule has 0 amide bonds. The summed E-state index contributed by atoms with van der Waals surface area (Å²) in [6.45, 7) is 5.39. The van der Waals surface area contributed by atoms with E-state index in [-0.39, 0.29) is 29.7 Å². The predicted octanol–water partition coefficient (Wildman–Crippen LogP) is 1.95. The topological polar surface area (TPSA) is 65.0 Å². The van der Waals surface area contributed by atoms with E-state index in [1.54, 1.807) is 7.05 Å². The fourth-order valence-electron chi connectivity index (χ4n) is 2.91. The Kier molecular flexibility index (Phi) is 10.9. The first-order chi connectivity index (χ1) is 12.5. The summed E-state index contributed by atoms with van der Waals surface area (Å²) in [6.07, 6.45) is 6.24. The normalized spacial score (nSPS) is 16.4. The number of nitrogens with one attached hydrogen (secondary N) is 1. The van der Waals surface area contributed by atoms with Gasteiger partial charge in [-0.15, -0.1) is 24.0 Å². The second kappa shape index (κ2) is 12.4. The first-order valence-corrected chi connectivity index (χ1v) is 11.1. The zero-order valence-electron chi connectivity index (χ0n) is 16.2. The molecule has 0 radical (unpaired) electrons. The summed E-state index contributed by atoms with van der Waals surface area (Å²) in [4.78, 5) is 8.98. The highest BCUT2D eigenvalue weighted by Gasteiger charge is 2.18. The van der Waals surface area contributed by atoms with Crippen LogP contribution in [0.25, 0.3) is 6.08 Å². The minimum Gasteiger partial charge on any atom is -0.356 e. The molecule has 1 aliphatic rings. The number of sulfone groups is 1. The summed E-state index contributed by atoms with van der Waals surface area (Å²) < 4.78 is 22.4. The molecule has 1 aliphatic heterocycles. The second-order valence-corrected chi connectivity index (χ2v) is 8.82. The van der Waals surface area contributed by atoms with Crippen LogP contribution in [0.15, 0.2) is 41.4 Å². The minimum atomic E-state index is -2.90. The standard InChI is InChI=1S/C19H30N4O2S.HI/c1-20-19(21-11-7-17-26(2,24)25)23-15-13-22(14-16-23)12-6-10-18-8-4-3-5-9-18;/h3-6,8-10H,7,11-17H2,1-2H3,(H,20,21);1H. The van der Waals surface area contributed by atoms with Crippen molar-refractivity contribution in [2.75, 3.05) is 58.3 Å². The van der Waals surface area contributed by atoms with Crippen LogP contribution >= 0.6 is 24.0 Å². The third kappa shape index (κ3) is 9.57. The van der Waals surface area contributed by atoms with Gasteiger partial charge in [-0.05, 0) is 12.0 Å². The van der Waals surface area contributed by atoms with Gasteiger partial charge in [0.2, 0.25) is 0 Å². The van der Waals surface area contributed by atoms with E-state index in [0.717, 1.165) is 38.7 Å². The van der Waals surface area contributed by atoms with Crippen molar-refractivity contribution in [3.05, 3.63) is 42.0 Å². The average Bonchev–Trinajstić information content (AvgIpc) is 2.63. The third-order valence-corrected chi connectivity index (χ3v) is 5.36. The lowest BCUT2D eigenvalue weighted by Gasteiger charge is -2.36. The van der Waals surface area contributed by atoms with Gasteiger partial charge in [0.1, 0.15) is 9.84 Å². The van der Waals surface area contributed by atoms with Crippen LogP contribution in [0.2, 0.25) is 0 Å². The molecule has 0 bridgehead atoms. The Morgan fingerprint density at radius 2 is 1.85 bits per heavy atom.